The molecule has 1 aliphatic rings. The fraction of sp³-hybridized carbons (Fsp3) is 0.455. The second-order valence-electron chi connectivity index (χ2n) is 10.3. The molecule has 1 atom stereocenters. The van der Waals surface area contributed by atoms with Crippen LogP contribution in [-0.2, 0) is 25.7 Å². The predicted molar refractivity (Wildman–Crippen MR) is 157 cm³/mol. The van der Waals surface area contributed by atoms with Crippen LogP contribution in [0.5, 0.6) is 17.2 Å². The van der Waals surface area contributed by atoms with Gasteiger partial charge in [-0.25, -0.2) is 0 Å². The van der Waals surface area contributed by atoms with Crippen molar-refractivity contribution in [2.75, 3.05) is 45.7 Å². The van der Waals surface area contributed by atoms with E-state index in [0.29, 0.717) is 11.7 Å². The van der Waals surface area contributed by atoms with Gasteiger partial charge in [0.25, 0.3) is 0 Å². The number of benzene rings is 3. The Labute approximate surface area is 228 Å². The van der Waals surface area contributed by atoms with E-state index in [2.05, 4.69) is 66.5 Å². The maximum Gasteiger partial charge on any atom is 0.162 e. The highest BCUT2D eigenvalue weighted by Crippen LogP contribution is 2.42. The fourth-order valence-corrected chi connectivity index (χ4v) is 5.61. The molecule has 0 heterocycles. The van der Waals surface area contributed by atoms with Gasteiger partial charge >= 0.3 is 0 Å². The zero-order chi connectivity index (χ0) is 26.9. The molecule has 0 saturated carbocycles. The first kappa shape index (κ1) is 27.8. The van der Waals surface area contributed by atoms with Gasteiger partial charge in [0.2, 0.25) is 0 Å². The number of nitrogens with zero attached hydrogens (tertiary/aromatic N) is 1. The minimum atomic E-state index is 0.352. The Bertz CT molecular complexity index is 1170. The molecule has 1 unspecified atom stereocenters. The standard InChI is InChI=1S/C33H44N2O3/c1-5-35(6-2)19-17-25-11-9-24(10-12-25)8-7-18-34-31-23-33(38-4)32(37-3)22-30(31)28-14-13-27-21-29(36)16-15-26(27)20-28/h9-12,15-16,21-23,28,34,36H,5-8,13-14,17-20H2,1-4H3. The number of aryl methyl sites for hydroxylation is 2. The van der Waals surface area contributed by atoms with Gasteiger partial charge in [0.05, 0.1) is 14.2 Å². The number of phenols is 1. The Morgan fingerprint density at radius 1 is 0.868 bits per heavy atom. The fourth-order valence-electron chi connectivity index (χ4n) is 5.61. The zero-order valence-corrected chi connectivity index (χ0v) is 23.6. The predicted octanol–water partition coefficient (Wildman–Crippen LogP) is 6.61. The summed E-state index contributed by atoms with van der Waals surface area (Å²) in [5.74, 6) is 2.26. The van der Waals surface area contributed by atoms with Crippen molar-refractivity contribution in [2.45, 2.75) is 58.3 Å². The molecule has 38 heavy (non-hydrogen) atoms. The van der Waals surface area contributed by atoms with Crippen molar-refractivity contribution < 1.29 is 14.6 Å². The molecule has 1 aliphatic carbocycles. The minimum absolute atomic E-state index is 0.352. The van der Waals surface area contributed by atoms with Crippen molar-refractivity contribution in [3.8, 4) is 17.2 Å². The maximum absolute atomic E-state index is 9.88. The zero-order valence-electron chi connectivity index (χ0n) is 23.6. The number of ether oxygens (including phenoxy) is 2. The molecule has 3 aromatic rings. The summed E-state index contributed by atoms with van der Waals surface area (Å²) in [5, 5.41) is 13.6. The second-order valence-corrected chi connectivity index (χ2v) is 10.3. The van der Waals surface area contributed by atoms with Crippen LogP contribution in [0.15, 0.2) is 54.6 Å². The Hall–Kier alpha value is -3.18. The number of phenolic OH excluding ortho intramolecular Hbond substituents is 1. The number of hydrogen-bond acceptors (Lipinski definition) is 5. The molecule has 5 nitrogen and oxygen atoms in total. The van der Waals surface area contributed by atoms with E-state index in [9.17, 15) is 5.11 Å². The summed E-state index contributed by atoms with van der Waals surface area (Å²) >= 11 is 0. The lowest BCUT2D eigenvalue weighted by molar-refractivity contribution is 0.308. The van der Waals surface area contributed by atoms with Gasteiger partial charge in [-0.3, -0.25) is 0 Å². The maximum atomic E-state index is 9.88. The number of nitrogens with one attached hydrogen (secondary N) is 1. The summed E-state index contributed by atoms with van der Waals surface area (Å²) in [7, 11) is 3.39. The van der Waals surface area contributed by atoms with Crippen molar-refractivity contribution >= 4 is 5.69 Å². The van der Waals surface area contributed by atoms with Crippen LogP contribution in [0.3, 0.4) is 0 Å². The third-order valence-corrected chi connectivity index (χ3v) is 8.01. The van der Waals surface area contributed by atoms with Gasteiger partial charge in [-0.15, -0.1) is 0 Å². The molecule has 204 valence electrons. The SMILES string of the molecule is CCN(CC)CCc1ccc(CCCNc2cc(OC)c(OC)cc2C2CCc3cc(O)ccc3C2)cc1. The van der Waals surface area contributed by atoms with Crippen molar-refractivity contribution in [1.29, 1.82) is 0 Å². The van der Waals surface area contributed by atoms with E-state index in [-0.39, 0.29) is 0 Å². The average molecular weight is 517 g/mol. The number of hydrogen-bond donors (Lipinski definition) is 2. The van der Waals surface area contributed by atoms with E-state index < -0.39 is 0 Å². The topological polar surface area (TPSA) is 54.0 Å². The smallest absolute Gasteiger partial charge is 0.162 e. The molecule has 0 aliphatic heterocycles. The molecule has 2 N–H and O–H groups in total. The number of anilines is 1. The molecule has 0 aromatic heterocycles. The molecular weight excluding hydrogens is 472 g/mol. The van der Waals surface area contributed by atoms with Gasteiger partial charge in [0, 0.05) is 24.8 Å². The summed E-state index contributed by atoms with van der Waals surface area (Å²) in [6.45, 7) is 8.70. The Morgan fingerprint density at radius 2 is 1.55 bits per heavy atom. The van der Waals surface area contributed by atoms with Crippen LogP contribution in [-0.4, -0.2) is 50.4 Å². The number of fused-ring (bicyclic) bond motifs is 1. The number of rotatable bonds is 13. The van der Waals surface area contributed by atoms with Crippen LogP contribution in [0.25, 0.3) is 0 Å². The van der Waals surface area contributed by atoms with E-state index in [4.69, 9.17) is 9.47 Å². The van der Waals surface area contributed by atoms with E-state index in [1.807, 2.05) is 6.07 Å². The first-order chi connectivity index (χ1) is 18.5. The van der Waals surface area contributed by atoms with Crippen LogP contribution in [0.1, 0.15) is 60.4 Å². The highest BCUT2D eigenvalue weighted by Gasteiger charge is 2.24. The average Bonchev–Trinajstić information content (AvgIpc) is 2.95. The number of methoxy groups -OCH3 is 2. The summed E-state index contributed by atoms with van der Waals surface area (Å²) < 4.78 is 11.3. The Morgan fingerprint density at radius 3 is 2.24 bits per heavy atom. The third kappa shape index (κ3) is 7.02. The minimum Gasteiger partial charge on any atom is -0.508 e. The number of aromatic hydroxyl groups is 1. The lowest BCUT2D eigenvalue weighted by Gasteiger charge is -2.28. The molecule has 0 fully saturated rings. The molecule has 3 aromatic carbocycles. The number of likely N-dealkylation sites (N-methyl/N-ethyl adjacent to an activating group) is 1. The lowest BCUT2D eigenvalue weighted by Crippen LogP contribution is -2.25. The molecule has 0 spiro atoms. The second kappa shape index (κ2) is 13.6. The van der Waals surface area contributed by atoms with Crippen molar-refractivity contribution in [3.63, 3.8) is 0 Å². The van der Waals surface area contributed by atoms with Gasteiger partial charge in [0.15, 0.2) is 11.5 Å². The van der Waals surface area contributed by atoms with E-state index in [1.54, 1.807) is 20.3 Å². The van der Waals surface area contributed by atoms with Gasteiger partial charge in [-0.2, -0.15) is 0 Å². The molecule has 0 amide bonds. The summed E-state index contributed by atoms with van der Waals surface area (Å²) in [6, 6.07) is 19.2. The molecule has 0 radical (unpaired) electrons. The summed E-state index contributed by atoms with van der Waals surface area (Å²) in [6.07, 6.45) is 6.18. The first-order valence-corrected chi connectivity index (χ1v) is 14.1. The van der Waals surface area contributed by atoms with Gasteiger partial charge in [0.1, 0.15) is 5.75 Å². The highest BCUT2D eigenvalue weighted by molar-refractivity contribution is 5.62. The monoisotopic (exact) mass is 516 g/mol. The van der Waals surface area contributed by atoms with Crippen molar-refractivity contribution in [3.05, 3.63) is 82.4 Å². The van der Waals surface area contributed by atoms with E-state index in [0.717, 1.165) is 81.9 Å². The molecule has 4 rings (SSSR count). The van der Waals surface area contributed by atoms with E-state index in [1.165, 1.54) is 27.8 Å². The highest BCUT2D eigenvalue weighted by atomic mass is 16.5. The molecule has 0 saturated heterocycles. The molecular formula is C33H44N2O3. The quantitative estimate of drug-likeness (QED) is 0.250. The largest absolute Gasteiger partial charge is 0.508 e. The van der Waals surface area contributed by atoms with Gasteiger partial charge < -0.3 is 24.8 Å². The van der Waals surface area contributed by atoms with Crippen LogP contribution < -0.4 is 14.8 Å². The lowest BCUT2D eigenvalue weighted by atomic mass is 9.79. The Kier molecular flexibility index (Phi) is 9.94. The van der Waals surface area contributed by atoms with Crippen LogP contribution in [0.4, 0.5) is 5.69 Å². The van der Waals surface area contributed by atoms with Crippen molar-refractivity contribution in [2.24, 2.45) is 0 Å². The molecule has 0 bridgehead atoms. The van der Waals surface area contributed by atoms with E-state index >= 15 is 0 Å². The summed E-state index contributed by atoms with van der Waals surface area (Å²) in [5.41, 5.74) is 7.78. The first-order valence-electron chi connectivity index (χ1n) is 14.1. The normalized spacial score (nSPS) is 14.8. The van der Waals surface area contributed by atoms with Crippen LogP contribution >= 0.6 is 0 Å². The van der Waals surface area contributed by atoms with Gasteiger partial charge in [-0.05, 0) is 104 Å². The Balaban J connectivity index is 1.38. The van der Waals surface area contributed by atoms with Crippen LogP contribution in [0.2, 0.25) is 0 Å². The molecule has 5 heteroatoms. The third-order valence-electron chi connectivity index (χ3n) is 8.01. The summed E-state index contributed by atoms with van der Waals surface area (Å²) in [4.78, 5) is 2.47. The van der Waals surface area contributed by atoms with Crippen molar-refractivity contribution in [1.82, 2.24) is 4.90 Å². The van der Waals surface area contributed by atoms with Crippen LogP contribution in [0, 0.1) is 0 Å². The van der Waals surface area contributed by atoms with Gasteiger partial charge in [-0.1, -0.05) is 44.2 Å².